The van der Waals surface area contributed by atoms with Crippen molar-refractivity contribution in [2.75, 3.05) is 13.6 Å². The molecule has 0 amide bonds. The van der Waals surface area contributed by atoms with E-state index in [0.29, 0.717) is 12.4 Å². The minimum absolute atomic E-state index is 0.579. The van der Waals surface area contributed by atoms with Gasteiger partial charge in [0, 0.05) is 19.2 Å². The Morgan fingerprint density at radius 1 is 1.26 bits per heavy atom. The van der Waals surface area contributed by atoms with Crippen molar-refractivity contribution in [2.24, 2.45) is 4.99 Å². The van der Waals surface area contributed by atoms with E-state index in [0.717, 1.165) is 23.8 Å². The van der Waals surface area contributed by atoms with Crippen LogP contribution in [-0.2, 0) is 6.54 Å². The predicted molar refractivity (Wildman–Crippen MR) is 75.8 cm³/mol. The number of nitrogens with one attached hydrogen (secondary N) is 2. The Labute approximate surface area is 112 Å². The minimum Gasteiger partial charge on any atom is -0.444 e. The summed E-state index contributed by atoms with van der Waals surface area (Å²) in [5.41, 5.74) is 1.82. The van der Waals surface area contributed by atoms with Gasteiger partial charge in [-0.2, -0.15) is 0 Å². The van der Waals surface area contributed by atoms with Gasteiger partial charge in [0.25, 0.3) is 0 Å². The molecule has 2 aromatic rings. The molecule has 0 bridgehead atoms. The fourth-order valence-corrected chi connectivity index (χ4v) is 1.66. The number of rotatable bonds is 4. The van der Waals surface area contributed by atoms with Gasteiger partial charge in [0.05, 0.1) is 12.2 Å². The van der Waals surface area contributed by atoms with Crippen LogP contribution in [0.5, 0.6) is 0 Å². The second-order valence-corrected chi connectivity index (χ2v) is 3.97. The first-order chi connectivity index (χ1) is 9.33. The highest BCUT2D eigenvalue weighted by Crippen LogP contribution is 2.17. The molecule has 1 aromatic carbocycles. The van der Waals surface area contributed by atoms with Gasteiger partial charge in [-0.1, -0.05) is 18.2 Å². The van der Waals surface area contributed by atoms with Gasteiger partial charge in [0.2, 0.25) is 5.89 Å². The van der Waals surface area contributed by atoms with Crippen LogP contribution in [0.4, 0.5) is 0 Å². The van der Waals surface area contributed by atoms with Crippen molar-refractivity contribution in [2.45, 2.75) is 13.5 Å². The molecule has 0 aliphatic carbocycles. The maximum atomic E-state index is 5.47. The van der Waals surface area contributed by atoms with Crippen LogP contribution in [0.2, 0.25) is 0 Å². The normalized spacial score (nSPS) is 11.4. The van der Waals surface area contributed by atoms with Crippen molar-refractivity contribution in [3.63, 3.8) is 0 Å². The first-order valence-electron chi connectivity index (χ1n) is 6.27. The topological polar surface area (TPSA) is 62.5 Å². The van der Waals surface area contributed by atoms with Gasteiger partial charge in [-0.15, -0.1) is 0 Å². The number of hydrogen-bond donors (Lipinski definition) is 2. The summed E-state index contributed by atoms with van der Waals surface area (Å²) < 4.78 is 5.47. The second kappa shape index (κ2) is 6.58. The third-order valence-corrected chi connectivity index (χ3v) is 2.58. The Kier molecular flexibility index (Phi) is 4.55. The number of guanidine groups is 1. The summed E-state index contributed by atoms with van der Waals surface area (Å²) in [5.74, 6) is 1.39. The molecule has 0 spiro atoms. The maximum absolute atomic E-state index is 5.47. The largest absolute Gasteiger partial charge is 0.444 e. The van der Waals surface area contributed by atoms with Gasteiger partial charge < -0.3 is 15.1 Å². The molecular weight excluding hydrogens is 240 g/mol. The minimum atomic E-state index is 0.579. The van der Waals surface area contributed by atoms with Crippen molar-refractivity contribution in [3.8, 4) is 11.5 Å². The lowest BCUT2D eigenvalue weighted by atomic mass is 10.2. The Hall–Kier alpha value is -2.30. The van der Waals surface area contributed by atoms with Crippen LogP contribution in [0.1, 0.15) is 12.6 Å². The van der Waals surface area contributed by atoms with Gasteiger partial charge in [-0.3, -0.25) is 4.99 Å². The molecule has 0 saturated heterocycles. The van der Waals surface area contributed by atoms with Gasteiger partial charge in [0.15, 0.2) is 5.96 Å². The Bertz CT molecular complexity index is 533. The molecule has 5 nitrogen and oxygen atoms in total. The van der Waals surface area contributed by atoms with E-state index >= 15 is 0 Å². The number of nitrogens with zero attached hydrogens (tertiary/aromatic N) is 2. The quantitative estimate of drug-likeness (QED) is 0.650. The molecular formula is C14H18N4O. The standard InChI is InChI=1S/C14H18N4O/c1-3-16-14(15-2)17-9-12-10-19-13(18-12)11-7-5-4-6-8-11/h4-8,10H,3,9H2,1-2H3,(H2,15,16,17). The summed E-state index contributed by atoms with van der Waals surface area (Å²) in [6.45, 7) is 3.43. The summed E-state index contributed by atoms with van der Waals surface area (Å²) in [6.07, 6.45) is 1.66. The van der Waals surface area contributed by atoms with Crippen LogP contribution < -0.4 is 10.6 Å². The Morgan fingerprint density at radius 3 is 2.74 bits per heavy atom. The van der Waals surface area contributed by atoms with Crippen molar-refractivity contribution >= 4 is 5.96 Å². The summed E-state index contributed by atoms with van der Waals surface area (Å²) in [5, 5.41) is 6.29. The Morgan fingerprint density at radius 2 is 2.05 bits per heavy atom. The van der Waals surface area contributed by atoms with E-state index in [1.807, 2.05) is 37.3 Å². The van der Waals surface area contributed by atoms with E-state index in [9.17, 15) is 0 Å². The smallest absolute Gasteiger partial charge is 0.226 e. The zero-order chi connectivity index (χ0) is 13.5. The van der Waals surface area contributed by atoms with Gasteiger partial charge in [-0.25, -0.2) is 4.98 Å². The van der Waals surface area contributed by atoms with E-state index in [-0.39, 0.29) is 0 Å². The molecule has 100 valence electrons. The molecule has 1 aromatic heterocycles. The van der Waals surface area contributed by atoms with Crippen LogP contribution in [0.25, 0.3) is 11.5 Å². The predicted octanol–water partition coefficient (Wildman–Crippen LogP) is 2.03. The van der Waals surface area contributed by atoms with Crippen molar-refractivity contribution in [1.29, 1.82) is 0 Å². The van der Waals surface area contributed by atoms with Crippen LogP contribution in [0, 0.1) is 0 Å². The summed E-state index contributed by atoms with van der Waals surface area (Å²) in [7, 11) is 1.74. The average Bonchev–Trinajstić information content (AvgIpc) is 2.93. The number of oxazole rings is 1. The highest BCUT2D eigenvalue weighted by atomic mass is 16.3. The summed E-state index contributed by atoms with van der Waals surface area (Å²) >= 11 is 0. The number of benzene rings is 1. The SMILES string of the molecule is CCNC(=NC)NCc1coc(-c2ccccc2)n1. The number of aromatic nitrogens is 1. The van der Waals surface area contributed by atoms with E-state index in [2.05, 4.69) is 20.6 Å². The lowest BCUT2D eigenvalue weighted by Gasteiger charge is -2.07. The summed E-state index contributed by atoms with van der Waals surface area (Å²) in [6, 6.07) is 9.84. The zero-order valence-corrected chi connectivity index (χ0v) is 11.2. The third-order valence-electron chi connectivity index (χ3n) is 2.58. The zero-order valence-electron chi connectivity index (χ0n) is 11.2. The van der Waals surface area contributed by atoms with Crippen LogP contribution >= 0.6 is 0 Å². The number of hydrogen-bond acceptors (Lipinski definition) is 3. The fourth-order valence-electron chi connectivity index (χ4n) is 1.66. The first-order valence-corrected chi connectivity index (χ1v) is 6.27. The van der Waals surface area contributed by atoms with Crippen molar-refractivity contribution in [3.05, 3.63) is 42.3 Å². The molecule has 0 fully saturated rings. The van der Waals surface area contributed by atoms with Crippen LogP contribution in [0.15, 0.2) is 46.0 Å². The Balaban J connectivity index is 1.98. The maximum Gasteiger partial charge on any atom is 0.226 e. The average molecular weight is 258 g/mol. The molecule has 0 aliphatic heterocycles. The fraction of sp³-hybridized carbons (Fsp3) is 0.286. The van der Waals surface area contributed by atoms with Gasteiger partial charge >= 0.3 is 0 Å². The van der Waals surface area contributed by atoms with Gasteiger partial charge in [-0.05, 0) is 19.1 Å². The molecule has 0 atom stereocenters. The van der Waals surface area contributed by atoms with Gasteiger partial charge in [0.1, 0.15) is 6.26 Å². The molecule has 2 N–H and O–H groups in total. The molecule has 0 aliphatic rings. The van der Waals surface area contributed by atoms with E-state index in [1.54, 1.807) is 13.3 Å². The molecule has 19 heavy (non-hydrogen) atoms. The second-order valence-electron chi connectivity index (χ2n) is 3.97. The highest BCUT2D eigenvalue weighted by Gasteiger charge is 2.06. The monoisotopic (exact) mass is 258 g/mol. The third kappa shape index (κ3) is 3.58. The van der Waals surface area contributed by atoms with E-state index in [1.165, 1.54) is 0 Å². The lowest BCUT2D eigenvalue weighted by Crippen LogP contribution is -2.36. The molecule has 5 heteroatoms. The molecule has 0 radical (unpaired) electrons. The van der Waals surface area contributed by atoms with Crippen LogP contribution in [-0.4, -0.2) is 24.5 Å². The highest BCUT2D eigenvalue weighted by molar-refractivity contribution is 5.79. The molecule has 0 saturated carbocycles. The molecule has 0 unspecified atom stereocenters. The first kappa shape index (κ1) is 13.1. The lowest BCUT2D eigenvalue weighted by molar-refractivity contribution is 0.572. The van der Waals surface area contributed by atoms with Crippen LogP contribution in [0.3, 0.4) is 0 Å². The number of aliphatic imine (C=N–C) groups is 1. The van der Waals surface area contributed by atoms with Crippen molar-refractivity contribution in [1.82, 2.24) is 15.6 Å². The summed E-state index contributed by atoms with van der Waals surface area (Å²) in [4.78, 5) is 8.53. The van der Waals surface area contributed by atoms with E-state index < -0.39 is 0 Å². The molecule has 2 rings (SSSR count). The van der Waals surface area contributed by atoms with Crippen molar-refractivity contribution < 1.29 is 4.42 Å². The van der Waals surface area contributed by atoms with E-state index in [4.69, 9.17) is 4.42 Å². The molecule has 1 heterocycles.